The number of aromatic hydroxyl groups is 1. The second-order valence-corrected chi connectivity index (χ2v) is 10.3. The van der Waals surface area contributed by atoms with E-state index in [4.69, 9.17) is 4.74 Å². The normalized spacial score (nSPS) is 15.5. The van der Waals surface area contributed by atoms with Gasteiger partial charge in [-0.1, -0.05) is 12.1 Å². The predicted octanol–water partition coefficient (Wildman–Crippen LogP) is 3.49. The van der Waals surface area contributed by atoms with Crippen LogP contribution < -0.4 is 19.7 Å². The van der Waals surface area contributed by atoms with Gasteiger partial charge in [-0.05, 0) is 79.1 Å². The Balaban J connectivity index is 1.27. The van der Waals surface area contributed by atoms with Crippen LogP contribution >= 0.6 is 0 Å². The number of nitrogens with zero attached hydrogens (tertiary/aromatic N) is 1. The van der Waals surface area contributed by atoms with Gasteiger partial charge in [0.05, 0.1) is 18.1 Å². The lowest BCUT2D eigenvalue weighted by molar-refractivity contribution is 0.167. The molecule has 0 aromatic heterocycles. The van der Waals surface area contributed by atoms with E-state index in [1.807, 2.05) is 12.1 Å². The van der Waals surface area contributed by atoms with Crippen molar-refractivity contribution in [1.82, 2.24) is 5.32 Å². The predicted molar refractivity (Wildman–Crippen MR) is 137 cm³/mol. The number of hydrogen-bond acceptors (Lipinski definition) is 7. The summed E-state index contributed by atoms with van der Waals surface area (Å²) in [6.45, 7) is 2.14. The lowest BCUT2D eigenvalue weighted by Gasteiger charge is -2.34. The highest BCUT2D eigenvalue weighted by Gasteiger charge is 2.21. The van der Waals surface area contributed by atoms with Crippen LogP contribution in [0.5, 0.6) is 11.5 Å². The first-order valence-corrected chi connectivity index (χ1v) is 13.0. The van der Waals surface area contributed by atoms with Gasteiger partial charge in [-0.15, -0.1) is 0 Å². The molecule has 1 aliphatic rings. The van der Waals surface area contributed by atoms with E-state index in [0.717, 1.165) is 31.6 Å². The molecule has 1 fully saturated rings. The molecule has 35 heavy (non-hydrogen) atoms. The van der Waals surface area contributed by atoms with Crippen molar-refractivity contribution >= 4 is 21.4 Å². The van der Waals surface area contributed by atoms with E-state index >= 15 is 0 Å². The lowest BCUT2D eigenvalue weighted by atomic mass is 10.0. The van der Waals surface area contributed by atoms with Crippen molar-refractivity contribution in [3.63, 3.8) is 0 Å². The molecule has 1 saturated heterocycles. The SMILES string of the molecule is COc1ccc(S(=O)(=O)Nc2ccc(N3CCC(NCC(O)c4cccc(O)c4)CC3)cc2)cc1. The maximum atomic E-state index is 12.6. The quantitative estimate of drug-likeness (QED) is 0.358. The van der Waals surface area contributed by atoms with Gasteiger partial charge in [0.2, 0.25) is 0 Å². The number of phenolic OH excluding ortho intramolecular Hbond substituents is 1. The fourth-order valence-electron chi connectivity index (χ4n) is 4.18. The molecule has 0 bridgehead atoms. The zero-order chi connectivity index (χ0) is 24.8. The number of hydrogen-bond donors (Lipinski definition) is 4. The lowest BCUT2D eigenvalue weighted by Crippen LogP contribution is -2.43. The zero-order valence-corrected chi connectivity index (χ0v) is 20.4. The van der Waals surface area contributed by atoms with Gasteiger partial charge in [-0.2, -0.15) is 0 Å². The molecule has 0 aliphatic carbocycles. The highest BCUT2D eigenvalue weighted by molar-refractivity contribution is 7.92. The minimum absolute atomic E-state index is 0.148. The first kappa shape index (κ1) is 24.8. The van der Waals surface area contributed by atoms with Crippen LogP contribution in [0.25, 0.3) is 0 Å². The van der Waals surface area contributed by atoms with Gasteiger partial charge in [-0.25, -0.2) is 8.42 Å². The molecule has 9 heteroatoms. The summed E-state index contributed by atoms with van der Waals surface area (Å²) in [6.07, 6.45) is 1.19. The van der Waals surface area contributed by atoms with Crippen LogP contribution in [0.2, 0.25) is 0 Å². The van der Waals surface area contributed by atoms with E-state index < -0.39 is 16.1 Å². The molecule has 1 atom stereocenters. The first-order chi connectivity index (χ1) is 16.8. The number of anilines is 2. The number of sulfonamides is 1. The Morgan fingerprint density at radius 2 is 1.71 bits per heavy atom. The van der Waals surface area contributed by atoms with Gasteiger partial charge < -0.3 is 25.2 Å². The maximum Gasteiger partial charge on any atom is 0.261 e. The monoisotopic (exact) mass is 497 g/mol. The van der Waals surface area contributed by atoms with Gasteiger partial charge in [0, 0.05) is 37.1 Å². The van der Waals surface area contributed by atoms with E-state index in [-0.39, 0.29) is 10.6 Å². The standard InChI is InChI=1S/C26H31N3O5S/c1-34-24-9-11-25(12-10-24)35(32,33)28-21-5-7-22(8-6-21)29-15-13-20(14-16-29)27-18-26(31)19-3-2-4-23(30)17-19/h2-12,17,20,26-28,30-31H,13-16,18H2,1H3. The third kappa shape index (κ3) is 6.45. The third-order valence-corrected chi connectivity index (χ3v) is 7.60. The molecule has 8 nitrogen and oxygen atoms in total. The van der Waals surface area contributed by atoms with Crippen LogP contribution in [-0.4, -0.2) is 51.4 Å². The summed E-state index contributed by atoms with van der Waals surface area (Å²) < 4.78 is 33.0. The molecular weight excluding hydrogens is 466 g/mol. The van der Waals surface area contributed by atoms with Gasteiger partial charge in [0.15, 0.2) is 0 Å². The fourth-order valence-corrected chi connectivity index (χ4v) is 5.24. The van der Waals surface area contributed by atoms with Crippen molar-refractivity contribution in [3.05, 3.63) is 78.4 Å². The first-order valence-electron chi connectivity index (χ1n) is 11.6. The van der Waals surface area contributed by atoms with Crippen LogP contribution in [0.1, 0.15) is 24.5 Å². The summed E-state index contributed by atoms with van der Waals surface area (Å²) in [5, 5.41) is 23.4. The number of rotatable bonds is 9. The van der Waals surface area contributed by atoms with E-state index in [1.165, 1.54) is 19.2 Å². The molecule has 3 aromatic carbocycles. The van der Waals surface area contributed by atoms with Gasteiger partial charge in [0.25, 0.3) is 10.0 Å². The number of methoxy groups -OCH3 is 1. The van der Waals surface area contributed by atoms with Crippen molar-refractivity contribution in [3.8, 4) is 11.5 Å². The molecule has 3 aromatic rings. The van der Waals surface area contributed by atoms with Crippen LogP contribution in [-0.2, 0) is 10.0 Å². The van der Waals surface area contributed by atoms with Crippen molar-refractivity contribution in [2.45, 2.75) is 29.9 Å². The molecule has 186 valence electrons. The maximum absolute atomic E-state index is 12.6. The topological polar surface area (TPSA) is 111 Å². The van der Waals surface area contributed by atoms with Crippen molar-refractivity contribution in [1.29, 1.82) is 0 Å². The molecule has 1 unspecified atom stereocenters. The van der Waals surface area contributed by atoms with Gasteiger partial charge >= 0.3 is 0 Å². The highest BCUT2D eigenvalue weighted by Crippen LogP contribution is 2.25. The van der Waals surface area contributed by atoms with Crippen molar-refractivity contribution in [2.75, 3.05) is 36.4 Å². The van der Waals surface area contributed by atoms with Gasteiger partial charge in [-0.3, -0.25) is 4.72 Å². The molecule has 0 amide bonds. The summed E-state index contributed by atoms with van der Waals surface area (Å²) in [6, 6.07) is 20.6. The second kappa shape index (κ2) is 11.0. The van der Waals surface area contributed by atoms with Gasteiger partial charge in [0.1, 0.15) is 11.5 Å². The summed E-state index contributed by atoms with van der Waals surface area (Å²) in [7, 11) is -2.15. The number of nitrogens with one attached hydrogen (secondary N) is 2. The van der Waals surface area contributed by atoms with E-state index in [9.17, 15) is 18.6 Å². The molecule has 0 saturated carbocycles. The Morgan fingerprint density at radius 3 is 2.34 bits per heavy atom. The minimum atomic E-state index is -3.68. The molecule has 0 radical (unpaired) electrons. The Bertz CT molecular complexity index is 1210. The Labute approximate surface area is 206 Å². The summed E-state index contributed by atoms with van der Waals surface area (Å²) in [5.41, 5.74) is 2.23. The number of phenols is 1. The Hall–Kier alpha value is -3.27. The second-order valence-electron chi connectivity index (χ2n) is 8.61. The molecule has 0 spiro atoms. The van der Waals surface area contributed by atoms with Crippen LogP contribution in [0.15, 0.2) is 77.7 Å². The van der Waals surface area contributed by atoms with E-state index in [2.05, 4.69) is 14.9 Å². The summed E-state index contributed by atoms with van der Waals surface area (Å²) in [4.78, 5) is 2.44. The highest BCUT2D eigenvalue weighted by atomic mass is 32.2. The minimum Gasteiger partial charge on any atom is -0.508 e. The summed E-state index contributed by atoms with van der Waals surface area (Å²) >= 11 is 0. The van der Waals surface area contributed by atoms with Crippen LogP contribution in [0, 0.1) is 0 Å². The zero-order valence-electron chi connectivity index (χ0n) is 19.6. The smallest absolute Gasteiger partial charge is 0.261 e. The van der Waals surface area contributed by atoms with Crippen molar-refractivity contribution in [2.24, 2.45) is 0 Å². The van der Waals surface area contributed by atoms with Crippen LogP contribution in [0.3, 0.4) is 0 Å². The fraction of sp³-hybridized carbons (Fsp3) is 0.308. The average Bonchev–Trinajstić information content (AvgIpc) is 2.88. The number of aliphatic hydroxyl groups excluding tert-OH is 1. The molecule has 4 rings (SSSR count). The summed E-state index contributed by atoms with van der Waals surface area (Å²) in [5.74, 6) is 0.745. The Morgan fingerprint density at radius 1 is 1.03 bits per heavy atom. The molecule has 1 heterocycles. The molecular formula is C26H31N3O5S. The molecule has 4 N–H and O–H groups in total. The average molecular weight is 498 g/mol. The third-order valence-electron chi connectivity index (χ3n) is 6.20. The van der Waals surface area contributed by atoms with Crippen molar-refractivity contribution < 1.29 is 23.4 Å². The largest absolute Gasteiger partial charge is 0.508 e. The number of aliphatic hydroxyl groups is 1. The number of ether oxygens (including phenoxy) is 1. The van der Waals surface area contributed by atoms with E-state index in [0.29, 0.717) is 29.6 Å². The Kier molecular flexibility index (Phi) is 7.80. The van der Waals surface area contributed by atoms with E-state index in [1.54, 1.807) is 48.5 Å². The number of benzene rings is 3. The molecule has 1 aliphatic heterocycles. The number of piperidine rings is 1. The van der Waals surface area contributed by atoms with Crippen LogP contribution in [0.4, 0.5) is 11.4 Å².